The fourth-order valence-corrected chi connectivity index (χ4v) is 1.96. The van der Waals surface area contributed by atoms with Crippen LogP contribution in [0.2, 0.25) is 0 Å². The lowest BCUT2D eigenvalue weighted by Gasteiger charge is -2.27. The summed E-state index contributed by atoms with van der Waals surface area (Å²) in [6, 6.07) is 4.60. The Morgan fingerprint density at radius 3 is 2.63 bits per heavy atom. The van der Waals surface area contributed by atoms with Crippen LogP contribution in [0.5, 0.6) is 0 Å². The van der Waals surface area contributed by atoms with Gasteiger partial charge in [-0.2, -0.15) is 0 Å². The number of carboxylic acids is 1. The summed E-state index contributed by atoms with van der Waals surface area (Å²) in [7, 11) is 0. The predicted molar refractivity (Wildman–Crippen MR) is 69.5 cm³/mol. The topological polar surface area (TPSA) is 78.9 Å². The van der Waals surface area contributed by atoms with Crippen molar-refractivity contribution in [3.05, 3.63) is 29.3 Å². The van der Waals surface area contributed by atoms with Gasteiger partial charge < -0.3 is 20.1 Å². The molecule has 0 aromatic heterocycles. The molecule has 19 heavy (non-hydrogen) atoms. The van der Waals surface area contributed by atoms with E-state index in [0.29, 0.717) is 37.6 Å². The molecule has 1 aliphatic heterocycles. The Balaban J connectivity index is 2.12. The van der Waals surface area contributed by atoms with E-state index in [1.54, 1.807) is 24.0 Å². The first-order chi connectivity index (χ1) is 9.09. The third kappa shape index (κ3) is 3.03. The van der Waals surface area contributed by atoms with Gasteiger partial charge in [-0.15, -0.1) is 0 Å². The number of nitrogens with zero attached hydrogens (tertiary/aromatic N) is 1. The van der Waals surface area contributed by atoms with E-state index in [2.05, 4.69) is 5.32 Å². The summed E-state index contributed by atoms with van der Waals surface area (Å²) in [4.78, 5) is 24.7. The molecule has 0 radical (unpaired) electrons. The van der Waals surface area contributed by atoms with Gasteiger partial charge in [0.25, 0.3) is 0 Å². The molecular formula is C13H16N2O4. The molecule has 102 valence electrons. The molecule has 6 heteroatoms. The largest absolute Gasteiger partial charge is 0.478 e. The average molecular weight is 264 g/mol. The molecule has 2 N–H and O–H groups in total. The van der Waals surface area contributed by atoms with Crippen LogP contribution in [-0.4, -0.2) is 48.3 Å². The van der Waals surface area contributed by atoms with Crippen LogP contribution in [0.4, 0.5) is 10.5 Å². The van der Waals surface area contributed by atoms with Gasteiger partial charge in [0.15, 0.2) is 0 Å². The second-order valence-electron chi connectivity index (χ2n) is 4.31. The maximum atomic E-state index is 12.0. The van der Waals surface area contributed by atoms with Gasteiger partial charge in [-0.25, -0.2) is 9.59 Å². The van der Waals surface area contributed by atoms with Gasteiger partial charge in [0.05, 0.1) is 18.8 Å². The van der Waals surface area contributed by atoms with Gasteiger partial charge in [0, 0.05) is 18.8 Å². The molecule has 1 aromatic carbocycles. The van der Waals surface area contributed by atoms with Crippen LogP contribution < -0.4 is 5.32 Å². The molecule has 1 aromatic rings. The molecule has 0 bridgehead atoms. The van der Waals surface area contributed by atoms with Crippen molar-refractivity contribution < 1.29 is 19.4 Å². The Morgan fingerprint density at radius 2 is 2.00 bits per heavy atom. The number of aromatic carboxylic acids is 1. The molecular weight excluding hydrogens is 248 g/mol. The molecule has 1 aliphatic rings. The Bertz CT molecular complexity index is 495. The van der Waals surface area contributed by atoms with Gasteiger partial charge in [0.1, 0.15) is 0 Å². The predicted octanol–water partition coefficient (Wildman–Crippen LogP) is 1.56. The number of ether oxygens (including phenoxy) is 1. The molecule has 0 unspecified atom stereocenters. The van der Waals surface area contributed by atoms with Crippen molar-refractivity contribution in [1.82, 2.24) is 4.90 Å². The average Bonchev–Trinajstić information content (AvgIpc) is 2.41. The number of anilines is 1. The number of hydrogen-bond acceptors (Lipinski definition) is 3. The normalized spacial score (nSPS) is 15.1. The highest BCUT2D eigenvalue weighted by Crippen LogP contribution is 2.19. The van der Waals surface area contributed by atoms with E-state index < -0.39 is 5.97 Å². The quantitative estimate of drug-likeness (QED) is 0.849. The monoisotopic (exact) mass is 264 g/mol. The number of amides is 2. The number of benzene rings is 1. The van der Waals surface area contributed by atoms with Crippen molar-refractivity contribution >= 4 is 17.7 Å². The smallest absolute Gasteiger partial charge is 0.336 e. The summed E-state index contributed by atoms with van der Waals surface area (Å²) in [6.45, 7) is 3.83. The minimum Gasteiger partial charge on any atom is -0.478 e. The molecule has 2 rings (SSSR count). The molecule has 0 aliphatic carbocycles. The second kappa shape index (κ2) is 5.71. The van der Waals surface area contributed by atoms with E-state index in [9.17, 15) is 9.59 Å². The summed E-state index contributed by atoms with van der Waals surface area (Å²) in [5.74, 6) is -1.00. The fraction of sp³-hybridized carbons (Fsp3) is 0.385. The van der Waals surface area contributed by atoms with Crippen LogP contribution >= 0.6 is 0 Å². The van der Waals surface area contributed by atoms with Crippen molar-refractivity contribution in [2.45, 2.75) is 6.92 Å². The van der Waals surface area contributed by atoms with Crippen LogP contribution in [-0.2, 0) is 4.74 Å². The Hall–Kier alpha value is -2.08. The van der Waals surface area contributed by atoms with Crippen LogP contribution in [0.1, 0.15) is 15.9 Å². The zero-order valence-electron chi connectivity index (χ0n) is 10.7. The third-order valence-electron chi connectivity index (χ3n) is 3.10. The van der Waals surface area contributed by atoms with E-state index in [4.69, 9.17) is 9.84 Å². The summed E-state index contributed by atoms with van der Waals surface area (Å²) in [5.41, 5.74) is 1.27. The van der Waals surface area contributed by atoms with Gasteiger partial charge in [-0.05, 0) is 24.6 Å². The number of nitrogens with one attached hydrogen (secondary N) is 1. The minimum absolute atomic E-state index is 0.194. The van der Waals surface area contributed by atoms with Crippen molar-refractivity contribution in [2.75, 3.05) is 31.6 Å². The Labute approximate surface area is 111 Å². The van der Waals surface area contributed by atoms with E-state index in [1.165, 1.54) is 6.07 Å². The zero-order valence-corrected chi connectivity index (χ0v) is 10.7. The van der Waals surface area contributed by atoms with Crippen LogP contribution in [0.25, 0.3) is 0 Å². The lowest BCUT2D eigenvalue weighted by Crippen LogP contribution is -2.43. The van der Waals surface area contributed by atoms with Crippen LogP contribution in [0.3, 0.4) is 0 Å². The molecule has 6 nitrogen and oxygen atoms in total. The highest BCUT2D eigenvalue weighted by atomic mass is 16.5. The fourth-order valence-electron chi connectivity index (χ4n) is 1.96. The van der Waals surface area contributed by atoms with E-state index >= 15 is 0 Å². The minimum atomic E-state index is -1.00. The number of carboxylic acid groups (broad SMARTS) is 1. The SMILES string of the molecule is Cc1c(NC(=O)N2CCOCC2)cccc1C(=O)O. The molecule has 0 spiro atoms. The lowest BCUT2D eigenvalue weighted by atomic mass is 10.1. The highest BCUT2D eigenvalue weighted by Gasteiger charge is 2.18. The van der Waals surface area contributed by atoms with Gasteiger partial charge in [-0.3, -0.25) is 0 Å². The van der Waals surface area contributed by atoms with Crippen molar-refractivity contribution in [2.24, 2.45) is 0 Å². The third-order valence-corrected chi connectivity index (χ3v) is 3.10. The lowest BCUT2D eigenvalue weighted by molar-refractivity contribution is 0.0564. The first-order valence-corrected chi connectivity index (χ1v) is 6.06. The molecule has 0 saturated carbocycles. The number of urea groups is 1. The number of hydrogen-bond donors (Lipinski definition) is 2. The van der Waals surface area contributed by atoms with Gasteiger partial charge in [0.2, 0.25) is 0 Å². The summed E-state index contributed by atoms with van der Waals surface area (Å²) in [5, 5.41) is 11.8. The maximum Gasteiger partial charge on any atom is 0.336 e. The standard InChI is InChI=1S/C13H16N2O4/c1-9-10(12(16)17)3-2-4-11(9)14-13(18)15-5-7-19-8-6-15/h2-4H,5-8H2,1H3,(H,14,18)(H,16,17). The molecule has 1 saturated heterocycles. The van der Waals surface area contributed by atoms with E-state index in [1.807, 2.05) is 0 Å². The van der Waals surface area contributed by atoms with Gasteiger partial charge in [-0.1, -0.05) is 6.07 Å². The number of rotatable bonds is 2. The first kappa shape index (κ1) is 13.4. The molecule has 2 amide bonds. The molecule has 1 heterocycles. The zero-order chi connectivity index (χ0) is 13.8. The van der Waals surface area contributed by atoms with Gasteiger partial charge >= 0.3 is 12.0 Å². The first-order valence-electron chi connectivity index (χ1n) is 6.06. The Morgan fingerprint density at radius 1 is 1.32 bits per heavy atom. The molecule has 0 atom stereocenters. The highest BCUT2D eigenvalue weighted by molar-refractivity contribution is 5.95. The van der Waals surface area contributed by atoms with E-state index in [0.717, 1.165) is 0 Å². The number of carbonyl (C=O) groups is 2. The number of carbonyl (C=O) groups excluding carboxylic acids is 1. The van der Waals surface area contributed by atoms with Crippen LogP contribution in [0, 0.1) is 6.92 Å². The van der Waals surface area contributed by atoms with Crippen molar-refractivity contribution in [3.63, 3.8) is 0 Å². The Kier molecular flexibility index (Phi) is 4.01. The number of morpholine rings is 1. The van der Waals surface area contributed by atoms with E-state index in [-0.39, 0.29) is 11.6 Å². The second-order valence-corrected chi connectivity index (χ2v) is 4.31. The van der Waals surface area contributed by atoms with Crippen LogP contribution in [0.15, 0.2) is 18.2 Å². The molecule has 1 fully saturated rings. The van der Waals surface area contributed by atoms with Crippen molar-refractivity contribution in [1.29, 1.82) is 0 Å². The van der Waals surface area contributed by atoms with Crippen molar-refractivity contribution in [3.8, 4) is 0 Å². The summed E-state index contributed by atoms with van der Waals surface area (Å²) >= 11 is 0. The summed E-state index contributed by atoms with van der Waals surface area (Å²) in [6.07, 6.45) is 0. The maximum absolute atomic E-state index is 12.0. The summed E-state index contributed by atoms with van der Waals surface area (Å²) < 4.78 is 5.17.